The van der Waals surface area contributed by atoms with Gasteiger partial charge >= 0.3 is 0 Å². The van der Waals surface area contributed by atoms with E-state index in [0.717, 1.165) is 31.5 Å². The summed E-state index contributed by atoms with van der Waals surface area (Å²) in [5.41, 5.74) is 6.15. The number of hydrogen-bond donors (Lipinski definition) is 2. The standard InChI is InChI=1S/C21H28ClFN6O/c1-14(16-5-3-4-6-17(16)22)28(2)21-19(23)20(26-13-27-21)25-11-15-7-9-29(10-8-15)12-18(24)30/h3-6,13-15H,7-12H2,1-2H3,(H2,24,30)(H,25,26,27). The fraction of sp³-hybridized carbons (Fsp3) is 0.476. The number of carbonyl (C=O) groups excluding carboxylic acids is 1. The number of benzene rings is 1. The first-order valence-electron chi connectivity index (χ1n) is 10.1. The first kappa shape index (κ1) is 22.2. The van der Waals surface area contributed by atoms with Gasteiger partial charge in [-0.1, -0.05) is 29.8 Å². The molecule has 9 heteroatoms. The Morgan fingerprint density at radius 3 is 2.73 bits per heavy atom. The van der Waals surface area contributed by atoms with E-state index in [0.29, 0.717) is 24.0 Å². The molecular weight excluding hydrogens is 407 g/mol. The Morgan fingerprint density at radius 1 is 1.37 bits per heavy atom. The maximum Gasteiger partial charge on any atom is 0.231 e. The molecule has 0 saturated carbocycles. The number of aromatic nitrogens is 2. The van der Waals surface area contributed by atoms with E-state index in [4.69, 9.17) is 17.3 Å². The maximum atomic E-state index is 15.1. The highest BCUT2D eigenvalue weighted by Gasteiger charge is 2.23. The van der Waals surface area contributed by atoms with Gasteiger partial charge in [0.1, 0.15) is 6.33 Å². The van der Waals surface area contributed by atoms with E-state index >= 15 is 4.39 Å². The number of primary amides is 1. The Balaban J connectivity index is 1.62. The highest BCUT2D eigenvalue weighted by atomic mass is 35.5. The topological polar surface area (TPSA) is 87.4 Å². The summed E-state index contributed by atoms with van der Waals surface area (Å²) in [7, 11) is 1.79. The number of hydrogen-bond acceptors (Lipinski definition) is 6. The number of nitrogens with zero attached hydrogens (tertiary/aromatic N) is 4. The van der Waals surface area contributed by atoms with Crippen LogP contribution in [0.5, 0.6) is 0 Å². The highest BCUT2D eigenvalue weighted by molar-refractivity contribution is 6.31. The molecule has 3 rings (SSSR count). The molecule has 30 heavy (non-hydrogen) atoms. The number of nitrogens with one attached hydrogen (secondary N) is 1. The zero-order valence-electron chi connectivity index (χ0n) is 17.3. The molecule has 162 valence electrons. The van der Waals surface area contributed by atoms with E-state index in [1.54, 1.807) is 11.9 Å². The van der Waals surface area contributed by atoms with Gasteiger partial charge in [-0.15, -0.1) is 0 Å². The van der Waals surface area contributed by atoms with E-state index in [-0.39, 0.29) is 23.6 Å². The van der Waals surface area contributed by atoms with Crippen molar-refractivity contribution in [2.75, 3.05) is 43.4 Å². The molecule has 1 atom stereocenters. The SMILES string of the molecule is CC(c1ccccc1Cl)N(C)c1ncnc(NCC2CCN(CC(N)=O)CC2)c1F. The van der Waals surface area contributed by atoms with Gasteiger partial charge in [-0.05, 0) is 50.4 Å². The zero-order valence-corrected chi connectivity index (χ0v) is 18.1. The lowest BCUT2D eigenvalue weighted by atomic mass is 9.97. The molecule has 1 aromatic carbocycles. The summed E-state index contributed by atoms with van der Waals surface area (Å²) < 4.78 is 15.1. The van der Waals surface area contributed by atoms with Gasteiger partial charge < -0.3 is 16.0 Å². The second-order valence-electron chi connectivity index (χ2n) is 7.73. The van der Waals surface area contributed by atoms with E-state index in [1.807, 2.05) is 36.1 Å². The molecule has 1 fully saturated rings. The van der Waals surface area contributed by atoms with Crippen LogP contribution >= 0.6 is 11.6 Å². The van der Waals surface area contributed by atoms with Crippen LogP contribution in [0.4, 0.5) is 16.0 Å². The minimum Gasteiger partial charge on any atom is -0.369 e. The lowest BCUT2D eigenvalue weighted by Crippen LogP contribution is -2.40. The van der Waals surface area contributed by atoms with Crippen molar-refractivity contribution in [1.82, 2.24) is 14.9 Å². The van der Waals surface area contributed by atoms with Crippen molar-refractivity contribution in [3.8, 4) is 0 Å². The number of likely N-dealkylation sites (tertiary alicyclic amines) is 1. The van der Waals surface area contributed by atoms with Gasteiger partial charge in [0.05, 0.1) is 12.6 Å². The average Bonchev–Trinajstić information content (AvgIpc) is 2.73. The van der Waals surface area contributed by atoms with E-state index in [2.05, 4.69) is 15.3 Å². The first-order chi connectivity index (χ1) is 14.4. The van der Waals surface area contributed by atoms with Crippen molar-refractivity contribution in [2.24, 2.45) is 11.7 Å². The van der Waals surface area contributed by atoms with Crippen LogP contribution in [-0.2, 0) is 4.79 Å². The van der Waals surface area contributed by atoms with Crippen molar-refractivity contribution in [3.05, 3.63) is 47.0 Å². The van der Waals surface area contributed by atoms with Crippen LogP contribution < -0.4 is 16.0 Å². The molecule has 1 aromatic heterocycles. The van der Waals surface area contributed by atoms with Crippen LogP contribution in [0, 0.1) is 11.7 Å². The first-order valence-corrected chi connectivity index (χ1v) is 10.5. The summed E-state index contributed by atoms with van der Waals surface area (Å²) in [6.07, 6.45) is 3.21. The number of halogens is 2. The lowest BCUT2D eigenvalue weighted by molar-refractivity contribution is -0.119. The van der Waals surface area contributed by atoms with Crippen molar-refractivity contribution in [2.45, 2.75) is 25.8 Å². The molecule has 1 unspecified atom stereocenters. The molecule has 1 amide bonds. The lowest BCUT2D eigenvalue weighted by Gasteiger charge is -2.31. The van der Waals surface area contributed by atoms with E-state index in [9.17, 15) is 4.79 Å². The third-order valence-corrected chi connectivity index (χ3v) is 6.03. The Bertz CT molecular complexity index is 874. The average molecular weight is 435 g/mol. The number of rotatable bonds is 8. The summed E-state index contributed by atoms with van der Waals surface area (Å²) in [5, 5.41) is 3.77. The minimum absolute atomic E-state index is 0.162. The van der Waals surface area contributed by atoms with Crippen LogP contribution in [0.3, 0.4) is 0 Å². The normalized spacial score (nSPS) is 16.3. The van der Waals surface area contributed by atoms with Crippen LogP contribution in [0.1, 0.15) is 31.4 Å². The van der Waals surface area contributed by atoms with Gasteiger partial charge in [0.2, 0.25) is 11.7 Å². The molecular formula is C21H28ClFN6O. The maximum absolute atomic E-state index is 15.1. The van der Waals surface area contributed by atoms with E-state index < -0.39 is 5.82 Å². The summed E-state index contributed by atoms with van der Waals surface area (Å²) in [6, 6.07) is 7.35. The number of carbonyl (C=O) groups is 1. The number of amides is 1. The molecule has 0 spiro atoms. The van der Waals surface area contributed by atoms with Crippen molar-refractivity contribution in [1.29, 1.82) is 0 Å². The van der Waals surface area contributed by atoms with E-state index in [1.165, 1.54) is 6.33 Å². The van der Waals surface area contributed by atoms with Crippen LogP contribution in [-0.4, -0.2) is 54.0 Å². The molecule has 2 heterocycles. The molecule has 3 N–H and O–H groups in total. The van der Waals surface area contributed by atoms with Gasteiger partial charge in [0.25, 0.3) is 0 Å². The fourth-order valence-electron chi connectivity index (χ4n) is 3.75. The Hall–Kier alpha value is -2.45. The van der Waals surface area contributed by atoms with Crippen LogP contribution in [0.15, 0.2) is 30.6 Å². The van der Waals surface area contributed by atoms with Crippen LogP contribution in [0.2, 0.25) is 5.02 Å². The molecule has 1 aliphatic heterocycles. The molecule has 0 aliphatic carbocycles. The third-order valence-electron chi connectivity index (χ3n) is 5.69. The van der Waals surface area contributed by atoms with Gasteiger partial charge in [-0.3, -0.25) is 9.69 Å². The predicted octanol–water partition coefficient (Wildman–Crippen LogP) is 3.08. The minimum atomic E-state index is -0.481. The van der Waals surface area contributed by atoms with Crippen LogP contribution in [0.25, 0.3) is 0 Å². The zero-order chi connectivity index (χ0) is 21.7. The third kappa shape index (κ3) is 5.37. The van der Waals surface area contributed by atoms with Gasteiger partial charge in [0.15, 0.2) is 11.6 Å². The molecule has 1 saturated heterocycles. The quantitative estimate of drug-likeness (QED) is 0.663. The van der Waals surface area contributed by atoms with Gasteiger partial charge in [0, 0.05) is 18.6 Å². The molecule has 0 bridgehead atoms. The number of nitrogens with two attached hydrogens (primary N) is 1. The highest BCUT2D eigenvalue weighted by Crippen LogP contribution is 2.31. The number of piperidine rings is 1. The summed E-state index contributed by atoms with van der Waals surface area (Å²) in [5.74, 6) is 0.00283. The monoisotopic (exact) mass is 434 g/mol. The summed E-state index contributed by atoms with van der Waals surface area (Å²) in [4.78, 5) is 23.1. The van der Waals surface area contributed by atoms with Crippen molar-refractivity contribution < 1.29 is 9.18 Å². The Morgan fingerprint density at radius 2 is 2.07 bits per heavy atom. The fourth-order valence-corrected chi connectivity index (χ4v) is 4.04. The van der Waals surface area contributed by atoms with Crippen molar-refractivity contribution >= 4 is 29.1 Å². The Kier molecular flexibility index (Phi) is 7.44. The summed E-state index contributed by atoms with van der Waals surface area (Å²) in [6.45, 7) is 4.48. The molecule has 1 aliphatic rings. The smallest absolute Gasteiger partial charge is 0.231 e. The summed E-state index contributed by atoms with van der Waals surface area (Å²) >= 11 is 6.30. The second-order valence-corrected chi connectivity index (χ2v) is 8.14. The molecule has 7 nitrogen and oxygen atoms in total. The van der Waals surface area contributed by atoms with Crippen molar-refractivity contribution in [3.63, 3.8) is 0 Å². The van der Waals surface area contributed by atoms with Gasteiger partial charge in [-0.2, -0.15) is 4.39 Å². The number of anilines is 2. The predicted molar refractivity (Wildman–Crippen MR) is 117 cm³/mol. The molecule has 0 radical (unpaired) electrons. The largest absolute Gasteiger partial charge is 0.369 e. The molecule has 2 aromatic rings. The second kappa shape index (κ2) is 10.0. The van der Waals surface area contributed by atoms with Gasteiger partial charge in [-0.25, -0.2) is 9.97 Å². The Labute approximate surface area is 181 Å².